The molecule has 1 heterocycles. The molecule has 6 nitrogen and oxygen atoms in total. The molecule has 284 valence electrons. The van der Waals surface area contributed by atoms with Crippen molar-refractivity contribution in [1.82, 2.24) is 0 Å². The number of hydrogen-bond acceptors (Lipinski definition) is 6. The fourth-order valence-electron chi connectivity index (χ4n) is 7.89. The van der Waals surface area contributed by atoms with Gasteiger partial charge in [0.25, 0.3) is 0 Å². The molecule has 0 amide bonds. The van der Waals surface area contributed by atoms with E-state index in [-0.39, 0.29) is 35.3 Å². The summed E-state index contributed by atoms with van der Waals surface area (Å²) >= 11 is 0. The summed E-state index contributed by atoms with van der Waals surface area (Å²) in [5, 5.41) is 20.6. The standard InChI is InChI=1S/C46H64O6/c1-11-12-13-24-42(50)51-32-37(25-26-40-36(5)27-38(47)28-43(40,6)7)23-17-21-34(3)19-15-14-18-33(2)20-16-22-35(4)41(49)31-46-44(8,9)29-39(48)30-45(46,10)52-46/h14-23,38-39,47-48H,11-13,24,27-32H2,1-10H3/b15-14+,20-16+,21-17+,33-18+,34-19+,35-22+,37-23-/t38-,39+,45-,46+/m1/s1. The summed E-state index contributed by atoms with van der Waals surface area (Å²) in [6.45, 7) is 20.6. The van der Waals surface area contributed by atoms with E-state index in [9.17, 15) is 19.8 Å². The number of carbonyl (C=O) groups excluding carboxylic acids is 2. The van der Waals surface area contributed by atoms with Gasteiger partial charge in [0.05, 0.1) is 17.8 Å². The van der Waals surface area contributed by atoms with Gasteiger partial charge < -0.3 is 19.7 Å². The molecule has 3 rings (SSSR count). The number of allylic oxidation sites excluding steroid dienone is 14. The van der Waals surface area contributed by atoms with Gasteiger partial charge in [0.2, 0.25) is 0 Å². The summed E-state index contributed by atoms with van der Waals surface area (Å²) in [5.74, 6) is 6.49. The minimum absolute atomic E-state index is 0.0758. The average Bonchev–Trinajstić information content (AvgIpc) is 3.65. The number of rotatable bonds is 15. The van der Waals surface area contributed by atoms with Crippen molar-refractivity contribution in [2.75, 3.05) is 6.61 Å². The van der Waals surface area contributed by atoms with E-state index in [4.69, 9.17) is 9.47 Å². The van der Waals surface area contributed by atoms with Crippen LogP contribution in [0.2, 0.25) is 0 Å². The Morgan fingerprint density at radius 3 is 2.10 bits per heavy atom. The van der Waals surface area contributed by atoms with E-state index < -0.39 is 17.3 Å². The van der Waals surface area contributed by atoms with Crippen LogP contribution in [0.15, 0.2) is 94.2 Å². The summed E-state index contributed by atoms with van der Waals surface area (Å²) in [7, 11) is 0. The highest BCUT2D eigenvalue weighted by Gasteiger charge is 2.76. The van der Waals surface area contributed by atoms with E-state index in [1.807, 2.05) is 95.4 Å². The molecule has 0 radical (unpaired) electrons. The van der Waals surface area contributed by atoms with Gasteiger partial charge >= 0.3 is 5.97 Å². The van der Waals surface area contributed by atoms with Gasteiger partial charge in [0.15, 0.2) is 5.78 Å². The van der Waals surface area contributed by atoms with Gasteiger partial charge in [0, 0.05) is 35.8 Å². The van der Waals surface area contributed by atoms with Crippen molar-refractivity contribution in [1.29, 1.82) is 0 Å². The van der Waals surface area contributed by atoms with Crippen LogP contribution in [0.1, 0.15) is 127 Å². The van der Waals surface area contributed by atoms with Crippen molar-refractivity contribution in [3.63, 3.8) is 0 Å². The SMILES string of the molecule is CCCCCC(=O)OC\C(C#CC1=C(C)C[C@@H](O)CC1(C)C)=C/C=C/C(C)=C/C=C/C=C(C)/C=C/C=C(\C)C(=O)C[C@@]12O[C@]1(C)C[C@@H](O)CC2(C)C. The second-order valence-corrected chi connectivity index (χ2v) is 16.6. The lowest BCUT2D eigenvalue weighted by atomic mass is 9.61. The molecule has 1 saturated heterocycles. The Morgan fingerprint density at radius 1 is 0.865 bits per heavy atom. The average molecular weight is 713 g/mol. The topological polar surface area (TPSA) is 96.4 Å². The number of aliphatic hydroxyl groups excluding tert-OH is 2. The van der Waals surface area contributed by atoms with Crippen molar-refractivity contribution in [2.45, 2.75) is 150 Å². The van der Waals surface area contributed by atoms with Crippen LogP contribution >= 0.6 is 0 Å². The smallest absolute Gasteiger partial charge is 0.306 e. The molecule has 0 unspecified atom stereocenters. The monoisotopic (exact) mass is 712 g/mol. The zero-order valence-electron chi connectivity index (χ0n) is 33.5. The normalized spacial score (nSPS) is 27.9. The van der Waals surface area contributed by atoms with Gasteiger partial charge in [-0.15, -0.1) is 0 Å². The molecule has 6 heteroatoms. The highest BCUT2D eigenvalue weighted by molar-refractivity contribution is 5.96. The first-order valence-corrected chi connectivity index (χ1v) is 19.1. The first kappa shape index (κ1) is 42.9. The Hall–Kier alpha value is -3.50. The van der Waals surface area contributed by atoms with Gasteiger partial charge in [0.1, 0.15) is 12.2 Å². The van der Waals surface area contributed by atoms with Crippen LogP contribution in [0.4, 0.5) is 0 Å². The molecule has 2 aliphatic carbocycles. The number of epoxide rings is 1. The highest BCUT2D eigenvalue weighted by Crippen LogP contribution is 2.67. The fourth-order valence-corrected chi connectivity index (χ4v) is 7.89. The van der Waals surface area contributed by atoms with E-state index in [0.29, 0.717) is 44.1 Å². The molecule has 0 aromatic carbocycles. The van der Waals surface area contributed by atoms with Crippen molar-refractivity contribution >= 4 is 11.8 Å². The number of hydrogen-bond donors (Lipinski definition) is 2. The molecule has 1 saturated carbocycles. The van der Waals surface area contributed by atoms with Gasteiger partial charge in [-0.05, 0) is 77.4 Å². The van der Waals surface area contributed by atoms with E-state index >= 15 is 0 Å². The van der Waals surface area contributed by atoms with E-state index in [1.54, 1.807) is 0 Å². The number of carbonyl (C=O) groups is 2. The molecule has 52 heavy (non-hydrogen) atoms. The number of esters is 1. The number of ketones is 1. The van der Waals surface area contributed by atoms with Gasteiger partial charge in [-0.1, -0.05) is 131 Å². The lowest BCUT2D eigenvalue weighted by Gasteiger charge is -2.40. The second-order valence-electron chi connectivity index (χ2n) is 16.6. The van der Waals surface area contributed by atoms with Gasteiger partial charge in [-0.25, -0.2) is 0 Å². The zero-order valence-corrected chi connectivity index (χ0v) is 33.5. The van der Waals surface area contributed by atoms with Crippen molar-refractivity contribution < 1.29 is 29.3 Å². The molecule has 1 aliphatic heterocycles. The van der Waals surface area contributed by atoms with Crippen LogP contribution in [0.3, 0.4) is 0 Å². The number of fused-ring (bicyclic) bond motifs is 1. The molecule has 3 aliphatic rings. The van der Waals surface area contributed by atoms with E-state index in [2.05, 4.69) is 46.5 Å². The fraction of sp³-hybridized carbons (Fsp3) is 0.565. The number of aliphatic hydroxyl groups is 2. The van der Waals surface area contributed by atoms with E-state index in [0.717, 1.165) is 47.1 Å². The van der Waals surface area contributed by atoms with Crippen molar-refractivity contribution in [3.05, 3.63) is 94.2 Å². The number of ether oxygens (including phenoxy) is 2. The summed E-state index contributed by atoms with van der Waals surface area (Å²) in [5.41, 5.74) is 4.21. The van der Waals surface area contributed by atoms with Crippen LogP contribution in [-0.2, 0) is 19.1 Å². The maximum atomic E-state index is 13.1. The third-order valence-electron chi connectivity index (χ3n) is 10.8. The Morgan fingerprint density at radius 2 is 1.50 bits per heavy atom. The van der Waals surface area contributed by atoms with Gasteiger partial charge in [-0.3, -0.25) is 9.59 Å². The predicted octanol–water partition coefficient (Wildman–Crippen LogP) is 9.71. The molecule has 0 aromatic heterocycles. The van der Waals surface area contributed by atoms with Gasteiger partial charge in [-0.2, -0.15) is 0 Å². The Bertz CT molecular complexity index is 1630. The lowest BCUT2D eigenvalue weighted by molar-refractivity contribution is -0.142. The first-order valence-electron chi connectivity index (χ1n) is 19.1. The second kappa shape index (κ2) is 18.5. The summed E-state index contributed by atoms with van der Waals surface area (Å²) in [6, 6.07) is 0. The molecule has 0 aromatic rings. The van der Waals surface area contributed by atoms with Crippen molar-refractivity contribution in [2.24, 2.45) is 10.8 Å². The van der Waals surface area contributed by atoms with Crippen molar-refractivity contribution in [3.8, 4) is 11.8 Å². The number of unbranched alkanes of at least 4 members (excludes halogenated alkanes) is 2. The highest BCUT2D eigenvalue weighted by atomic mass is 16.6. The quantitative estimate of drug-likeness (QED) is 0.0439. The molecule has 0 spiro atoms. The molecule has 0 bridgehead atoms. The first-order chi connectivity index (χ1) is 24.3. The maximum absolute atomic E-state index is 13.1. The Labute approximate surface area is 314 Å². The molecule has 2 N–H and O–H groups in total. The Balaban J connectivity index is 1.61. The summed E-state index contributed by atoms with van der Waals surface area (Å²) < 4.78 is 11.8. The Kier molecular flexibility index (Phi) is 15.3. The third-order valence-corrected chi connectivity index (χ3v) is 10.8. The predicted molar refractivity (Wildman–Crippen MR) is 212 cm³/mol. The summed E-state index contributed by atoms with van der Waals surface area (Å²) in [6.07, 6.45) is 24.9. The largest absolute Gasteiger partial charge is 0.460 e. The van der Waals surface area contributed by atoms with Crippen LogP contribution in [-0.4, -0.2) is 52.0 Å². The van der Waals surface area contributed by atoms with Crippen LogP contribution < -0.4 is 0 Å². The molecular formula is C46H64O6. The third kappa shape index (κ3) is 11.8. The van der Waals surface area contributed by atoms with E-state index in [1.165, 1.54) is 0 Å². The van der Waals surface area contributed by atoms with Crippen LogP contribution in [0, 0.1) is 22.7 Å². The zero-order chi connectivity index (χ0) is 38.7. The van der Waals surface area contributed by atoms with Crippen LogP contribution in [0.5, 0.6) is 0 Å². The number of Topliss-reactive ketones (excluding diaryl/α,β-unsaturated/α-hetero) is 1. The molecule has 2 fully saturated rings. The minimum Gasteiger partial charge on any atom is -0.460 e. The lowest BCUT2D eigenvalue weighted by Crippen LogP contribution is -2.48. The maximum Gasteiger partial charge on any atom is 0.306 e. The molecular weight excluding hydrogens is 649 g/mol. The molecule has 4 atom stereocenters. The van der Waals surface area contributed by atoms with Crippen LogP contribution in [0.25, 0.3) is 0 Å². The summed E-state index contributed by atoms with van der Waals surface area (Å²) in [4.78, 5) is 25.5. The minimum atomic E-state index is -0.513.